The zero-order chi connectivity index (χ0) is 13.8. The minimum Gasteiger partial charge on any atom is -0.380 e. The fourth-order valence-corrected chi connectivity index (χ4v) is 2.64. The molecule has 0 bridgehead atoms. The van der Waals surface area contributed by atoms with Crippen molar-refractivity contribution >= 4 is 17.3 Å². The molecule has 0 unspecified atom stereocenters. The lowest BCUT2D eigenvalue weighted by atomic mass is 10.4. The van der Waals surface area contributed by atoms with E-state index in [9.17, 15) is 0 Å². The van der Waals surface area contributed by atoms with E-state index in [1.165, 1.54) is 25.9 Å². The maximum absolute atomic E-state index is 6.16. The van der Waals surface area contributed by atoms with E-state index in [4.69, 9.17) is 11.6 Å². The van der Waals surface area contributed by atoms with Crippen LogP contribution < -0.4 is 5.32 Å². The summed E-state index contributed by atoms with van der Waals surface area (Å²) in [6.45, 7) is 4.36. The molecule has 106 valence electrons. The molecule has 1 fully saturated rings. The summed E-state index contributed by atoms with van der Waals surface area (Å²) in [5, 5.41) is 8.15. The van der Waals surface area contributed by atoms with Crippen LogP contribution in [0.5, 0.6) is 0 Å². The predicted octanol–water partition coefficient (Wildman–Crippen LogP) is 2.43. The number of halogens is 1. The first-order valence-corrected chi connectivity index (χ1v) is 7.32. The van der Waals surface area contributed by atoms with E-state index in [2.05, 4.69) is 20.3 Å². The molecule has 1 aliphatic heterocycles. The maximum atomic E-state index is 6.16. The van der Waals surface area contributed by atoms with Gasteiger partial charge in [-0.25, -0.2) is 4.68 Å². The first-order chi connectivity index (χ1) is 9.83. The van der Waals surface area contributed by atoms with Crippen molar-refractivity contribution in [2.45, 2.75) is 12.8 Å². The van der Waals surface area contributed by atoms with Crippen LogP contribution in [-0.4, -0.2) is 45.8 Å². The average molecular weight is 292 g/mol. The number of hydrogen-bond donors (Lipinski definition) is 1. The number of pyridine rings is 1. The molecule has 0 amide bonds. The van der Waals surface area contributed by atoms with Crippen LogP contribution in [0.15, 0.2) is 30.7 Å². The highest BCUT2D eigenvalue weighted by atomic mass is 35.5. The Hall–Kier alpha value is -1.59. The van der Waals surface area contributed by atoms with Crippen LogP contribution in [0.3, 0.4) is 0 Å². The van der Waals surface area contributed by atoms with Crippen LogP contribution in [-0.2, 0) is 0 Å². The molecule has 6 heteroatoms. The van der Waals surface area contributed by atoms with Gasteiger partial charge in [-0.2, -0.15) is 5.10 Å². The van der Waals surface area contributed by atoms with Crippen molar-refractivity contribution in [2.24, 2.45) is 0 Å². The maximum Gasteiger partial charge on any atom is 0.174 e. The summed E-state index contributed by atoms with van der Waals surface area (Å²) in [6, 6.07) is 3.83. The molecule has 1 aliphatic rings. The van der Waals surface area contributed by atoms with Crippen molar-refractivity contribution in [2.75, 3.05) is 31.5 Å². The lowest BCUT2D eigenvalue weighted by Gasteiger charge is -2.14. The smallest absolute Gasteiger partial charge is 0.174 e. The van der Waals surface area contributed by atoms with E-state index in [0.29, 0.717) is 5.15 Å². The van der Waals surface area contributed by atoms with E-state index in [1.807, 2.05) is 18.3 Å². The van der Waals surface area contributed by atoms with Gasteiger partial charge >= 0.3 is 0 Å². The Morgan fingerprint density at radius 1 is 1.30 bits per heavy atom. The molecular weight excluding hydrogens is 274 g/mol. The zero-order valence-corrected chi connectivity index (χ0v) is 12.1. The number of nitrogens with one attached hydrogen (secondary N) is 1. The van der Waals surface area contributed by atoms with Crippen molar-refractivity contribution in [3.63, 3.8) is 0 Å². The summed E-state index contributed by atoms with van der Waals surface area (Å²) in [6.07, 6.45) is 8.05. The molecule has 3 heterocycles. The fourth-order valence-electron chi connectivity index (χ4n) is 2.45. The summed E-state index contributed by atoms with van der Waals surface area (Å²) < 4.78 is 1.74. The molecular formula is C14H18ClN5. The normalized spacial score (nSPS) is 15.7. The molecule has 5 nitrogen and oxygen atoms in total. The number of likely N-dealkylation sites (tertiary alicyclic amines) is 1. The second-order valence-electron chi connectivity index (χ2n) is 4.96. The molecule has 3 rings (SSSR count). The Morgan fingerprint density at radius 2 is 2.15 bits per heavy atom. The summed E-state index contributed by atoms with van der Waals surface area (Å²) in [5.41, 5.74) is 1.77. The van der Waals surface area contributed by atoms with Gasteiger partial charge in [-0.15, -0.1) is 0 Å². The lowest BCUT2D eigenvalue weighted by molar-refractivity contribution is 0.352. The van der Waals surface area contributed by atoms with E-state index >= 15 is 0 Å². The highest BCUT2D eigenvalue weighted by Gasteiger charge is 2.12. The second-order valence-corrected chi connectivity index (χ2v) is 5.32. The third-order valence-corrected chi connectivity index (χ3v) is 3.80. The standard InChI is InChI=1S/C14H18ClN5/c15-14-13(17-6-9-19-7-1-2-8-19)11-20(18-14)12-4-3-5-16-10-12/h3-5,10-11,17H,1-2,6-9H2. The first kappa shape index (κ1) is 13.4. The van der Waals surface area contributed by atoms with Gasteiger partial charge in [0.15, 0.2) is 5.15 Å². The van der Waals surface area contributed by atoms with Gasteiger partial charge in [0.05, 0.1) is 23.8 Å². The van der Waals surface area contributed by atoms with Gasteiger partial charge in [-0.1, -0.05) is 11.6 Å². The Bertz CT molecular complexity index is 548. The molecule has 20 heavy (non-hydrogen) atoms. The minimum atomic E-state index is 0.496. The van der Waals surface area contributed by atoms with Crippen LogP contribution >= 0.6 is 11.6 Å². The molecule has 1 N–H and O–H groups in total. The number of aromatic nitrogens is 3. The molecule has 2 aromatic heterocycles. The molecule has 0 aliphatic carbocycles. The molecule has 0 radical (unpaired) electrons. The fraction of sp³-hybridized carbons (Fsp3) is 0.429. The molecule has 0 spiro atoms. The van der Waals surface area contributed by atoms with Crippen molar-refractivity contribution in [1.29, 1.82) is 0 Å². The summed E-state index contributed by atoms with van der Waals surface area (Å²) in [4.78, 5) is 6.55. The van der Waals surface area contributed by atoms with Crippen molar-refractivity contribution in [3.8, 4) is 5.69 Å². The van der Waals surface area contributed by atoms with Crippen molar-refractivity contribution in [3.05, 3.63) is 35.9 Å². The summed E-state index contributed by atoms with van der Waals surface area (Å²) in [7, 11) is 0. The Kier molecular flexibility index (Phi) is 4.18. The van der Waals surface area contributed by atoms with Gasteiger partial charge in [-0.3, -0.25) is 4.98 Å². The second kappa shape index (κ2) is 6.24. The Morgan fingerprint density at radius 3 is 2.90 bits per heavy atom. The van der Waals surface area contributed by atoms with E-state index in [1.54, 1.807) is 17.1 Å². The van der Waals surface area contributed by atoms with Gasteiger partial charge in [0.25, 0.3) is 0 Å². The third kappa shape index (κ3) is 3.11. The van der Waals surface area contributed by atoms with Gasteiger partial charge in [0, 0.05) is 19.3 Å². The lowest BCUT2D eigenvalue weighted by Crippen LogP contribution is -2.25. The summed E-state index contributed by atoms with van der Waals surface area (Å²) >= 11 is 6.16. The highest BCUT2D eigenvalue weighted by molar-refractivity contribution is 6.32. The van der Waals surface area contributed by atoms with Gasteiger partial charge in [0.2, 0.25) is 0 Å². The zero-order valence-electron chi connectivity index (χ0n) is 11.3. The molecule has 2 aromatic rings. The van der Waals surface area contributed by atoms with Gasteiger partial charge in [-0.05, 0) is 38.1 Å². The average Bonchev–Trinajstić information content (AvgIpc) is 3.11. The van der Waals surface area contributed by atoms with Crippen LogP contribution in [0.2, 0.25) is 5.15 Å². The molecule has 1 saturated heterocycles. The van der Waals surface area contributed by atoms with Gasteiger partial charge in [0.1, 0.15) is 0 Å². The van der Waals surface area contributed by atoms with E-state index in [0.717, 1.165) is 24.5 Å². The number of anilines is 1. The van der Waals surface area contributed by atoms with Crippen LogP contribution in [0.25, 0.3) is 5.69 Å². The van der Waals surface area contributed by atoms with Gasteiger partial charge < -0.3 is 10.2 Å². The number of nitrogens with zero attached hydrogens (tertiary/aromatic N) is 4. The first-order valence-electron chi connectivity index (χ1n) is 6.95. The third-order valence-electron chi connectivity index (χ3n) is 3.52. The quantitative estimate of drug-likeness (QED) is 0.919. The largest absolute Gasteiger partial charge is 0.380 e. The number of rotatable bonds is 5. The number of hydrogen-bond acceptors (Lipinski definition) is 4. The SMILES string of the molecule is Clc1nn(-c2cccnc2)cc1NCCN1CCCC1. The molecule has 0 saturated carbocycles. The van der Waals surface area contributed by atoms with Crippen LogP contribution in [0.1, 0.15) is 12.8 Å². The topological polar surface area (TPSA) is 46.0 Å². The predicted molar refractivity (Wildman–Crippen MR) is 80.5 cm³/mol. The molecule has 0 atom stereocenters. The summed E-state index contributed by atoms with van der Waals surface area (Å²) in [5.74, 6) is 0. The Balaban J connectivity index is 1.61. The Labute approximate surface area is 123 Å². The monoisotopic (exact) mass is 291 g/mol. The van der Waals surface area contributed by atoms with Crippen LogP contribution in [0.4, 0.5) is 5.69 Å². The highest BCUT2D eigenvalue weighted by Crippen LogP contribution is 2.21. The minimum absolute atomic E-state index is 0.496. The van der Waals surface area contributed by atoms with Crippen molar-refractivity contribution in [1.82, 2.24) is 19.7 Å². The van der Waals surface area contributed by atoms with E-state index < -0.39 is 0 Å². The molecule has 0 aromatic carbocycles. The van der Waals surface area contributed by atoms with Crippen molar-refractivity contribution < 1.29 is 0 Å². The van der Waals surface area contributed by atoms with Crippen LogP contribution in [0, 0.1) is 0 Å². The van der Waals surface area contributed by atoms with E-state index in [-0.39, 0.29) is 0 Å².